The molecule has 4 nitrogen and oxygen atoms in total. The summed E-state index contributed by atoms with van der Waals surface area (Å²) in [5.41, 5.74) is 3.10. The zero-order valence-electron chi connectivity index (χ0n) is 17.7. The lowest BCUT2D eigenvalue weighted by Crippen LogP contribution is -2.50. The number of rotatable bonds is 9. The third-order valence-corrected chi connectivity index (χ3v) is 5.35. The number of nitrogens with zero attached hydrogens (tertiary/aromatic N) is 1. The molecule has 0 heterocycles. The van der Waals surface area contributed by atoms with Gasteiger partial charge in [-0.25, -0.2) is 0 Å². The van der Waals surface area contributed by atoms with Gasteiger partial charge in [0.15, 0.2) is 0 Å². The molecule has 0 fully saturated rings. The number of hydrogen-bond acceptors (Lipinski definition) is 2. The predicted molar refractivity (Wildman–Crippen MR) is 119 cm³/mol. The van der Waals surface area contributed by atoms with E-state index in [0.29, 0.717) is 30.8 Å². The Labute approximate surface area is 179 Å². The molecule has 0 spiro atoms. The van der Waals surface area contributed by atoms with Crippen LogP contribution in [0.3, 0.4) is 0 Å². The minimum Gasteiger partial charge on any atom is -0.352 e. The van der Waals surface area contributed by atoms with Gasteiger partial charge in [0.05, 0.1) is 0 Å². The van der Waals surface area contributed by atoms with Crippen LogP contribution in [0.15, 0.2) is 48.5 Å². The summed E-state index contributed by atoms with van der Waals surface area (Å²) < 4.78 is 0. The minimum absolute atomic E-state index is 0.0232. The molecule has 0 radical (unpaired) electrons. The van der Waals surface area contributed by atoms with Crippen molar-refractivity contribution in [2.24, 2.45) is 0 Å². The van der Waals surface area contributed by atoms with Crippen molar-refractivity contribution in [1.82, 2.24) is 10.2 Å². The van der Waals surface area contributed by atoms with E-state index in [9.17, 15) is 9.59 Å². The van der Waals surface area contributed by atoms with E-state index in [1.807, 2.05) is 76.2 Å². The Hall–Kier alpha value is -2.33. The van der Waals surface area contributed by atoms with Gasteiger partial charge in [-0.3, -0.25) is 9.59 Å². The van der Waals surface area contributed by atoms with Crippen LogP contribution in [0.2, 0.25) is 5.02 Å². The summed E-state index contributed by atoms with van der Waals surface area (Å²) in [5, 5.41) is 3.62. The molecule has 0 saturated carbocycles. The van der Waals surface area contributed by atoms with Gasteiger partial charge >= 0.3 is 0 Å². The summed E-state index contributed by atoms with van der Waals surface area (Å²) in [6.07, 6.45) is 1.41. The normalized spacial score (nSPS) is 11.9. The van der Waals surface area contributed by atoms with E-state index >= 15 is 0 Å². The molecule has 2 amide bonds. The molecular formula is C24H31ClN2O2. The number of carbonyl (C=O) groups excluding carboxylic acids is 2. The average Bonchev–Trinajstić information content (AvgIpc) is 2.68. The zero-order valence-corrected chi connectivity index (χ0v) is 18.5. The molecule has 0 aliphatic carbocycles. The van der Waals surface area contributed by atoms with Gasteiger partial charge in [-0.2, -0.15) is 0 Å². The molecule has 0 unspecified atom stereocenters. The van der Waals surface area contributed by atoms with E-state index in [-0.39, 0.29) is 17.9 Å². The number of amides is 2. The molecular weight excluding hydrogens is 384 g/mol. The highest BCUT2D eigenvalue weighted by Crippen LogP contribution is 2.20. The van der Waals surface area contributed by atoms with E-state index in [1.54, 1.807) is 4.90 Å². The van der Waals surface area contributed by atoms with E-state index in [2.05, 4.69) is 5.32 Å². The summed E-state index contributed by atoms with van der Waals surface area (Å²) in [4.78, 5) is 27.8. The summed E-state index contributed by atoms with van der Waals surface area (Å²) in [7, 11) is 0. The molecule has 2 rings (SSSR count). The van der Waals surface area contributed by atoms with Gasteiger partial charge in [0.25, 0.3) is 0 Å². The fourth-order valence-electron chi connectivity index (χ4n) is 3.36. The Morgan fingerprint density at radius 3 is 2.24 bits per heavy atom. The Morgan fingerprint density at radius 2 is 1.66 bits per heavy atom. The molecule has 2 aromatic carbocycles. The van der Waals surface area contributed by atoms with Gasteiger partial charge in [-0.05, 0) is 56.4 Å². The predicted octanol–water partition coefficient (Wildman–Crippen LogP) is 4.91. The Bertz CT molecular complexity index is 835. The van der Waals surface area contributed by atoms with Gasteiger partial charge in [0.2, 0.25) is 11.8 Å². The largest absolute Gasteiger partial charge is 0.352 e. The standard InChI is InChI=1S/C24H31ClN2O2/c1-5-22(24(29)26-17(2)3)27(16-20-12-7-6-10-18(20)4)23(28)15-14-19-11-8-9-13-21(19)25/h6-13,17,22H,5,14-16H2,1-4H3,(H,26,29)/t22-/m0/s1. The van der Waals surface area contributed by atoms with Crippen molar-refractivity contribution in [3.8, 4) is 0 Å². The number of halogens is 1. The van der Waals surface area contributed by atoms with Crippen molar-refractivity contribution in [2.45, 2.75) is 65.6 Å². The second-order valence-corrected chi connectivity index (χ2v) is 8.03. The van der Waals surface area contributed by atoms with Crippen LogP contribution in [0.4, 0.5) is 0 Å². The van der Waals surface area contributed by atoms with Crippen LogP contribution in [-0.4, -0.2) is 28.8 Å². The highest BCUT2D eigenvalue weighted by molar-refractivity contribution is 6.31. The lowest BCUT2D eigenvalue weighted by molar-refractivity contribution is -0.141. The first-order valence-electron chi connectivity index (χ1n) is 10.2. The van der Waals surface area contributed by atoms with Gasteiger partial charge in [-0.15, -0.1) is 0 Å². The SMILES string of the molecule is CC[C@@H](C(=O)NC(C)C)N(Cc1ccccc1C)C(=O)CCc1ccccc1Cl. The third kappa shape index (κ3) is 6.60. The van der Waals surface area contributed by atoms with E-state index < -0.39 is 6.04 Å². The quantitative estimate of drug-likeness (QED) is 0.633. The van der Waals surface area contributed by atoms with Gasteiger partial charge in [0, 0.05) is 24.0 Å². The van der Waals surface area contributed by atoms with Crippen molar-refractivity contribution in [3.05, 3.63) is 70.2 Å². The molecule has 0 aliphatic heterocycles. The van der Waals surface area contributed by atoms with Crippen molar-refractivity contribution >= 4 is 23.4 Å². The van der Waals surface area contributed by atoms with Crippen LogP contribution in [0, 0.1) is 6.92 Å². The smallest absolute Gasteiger partial charge is 0.243 e. The van der Waals surface area contributed by atoms with Crippen LogP contribution in [0.25, 0.3) is 0 Å². The van der Waals surface area contributed by atoms with Gasteiger partial charge in [-0.1, -0.05) is 61.0 Å². The van der Waals surface area contributed by atoms with Gasteiger partial charge in [0.1, 0.15) is 6.04 Å². The Morgan fingerprint density at radius 1 is 1.03 bits per heavy atom. The second kappa shape index (κ2) is 11.0. The summed E-state index contributed by atoms with van der Waals surface area (Å²) >= 11 is 6.25. The van der Waals surface area contributed by atoms with Gasteiger partial charge < -0.3 is 10.2 Å². The molecule has 1 atom stereocenters. The molecule has 2 aromatic rings. The van der Waals surface area contributed by atoms with Crippen molar-refractivity contribution in [1.29, 1.82) is 0 Å². The maximum atomic E-state index is 13.2. The second-order valence-electron chi connectivity index (χ2n) is 7.63. The van der Waals surface area contributed by atoms with Crippen LogP contribution in [0.5, 0.6) is 0 Å². The van der Waals surface area contributed by atoms with Crippen molar-refractivity contribution in [3.63, 3.8) is 0 Å². The Kier molecular flexibility index (Phi) is 8.71. The summed E-state index contributed by atoms with van der Waals surface area (Å²) in [6.45, 7) is 8.23. The van der Waals surface area contributed by atoms with Crippen LogP contribution in [-0.2, 0) is 22.6 Å². The number of hydrogen-bond donors (Lipinski definition) is 1. The fraction of sp³-hybridized carbons (Fsp3) is 0.417. The lowest BCUT2D eigenvalue weighted by Gasteiger charge is -2.31. The van der Waals surface area contributed by atoms with E-state index in [4.69, 9.17) is 11.6 Å². The third-order valence-electron chi connectivity index (χ3n) is 4.98. The monoisotopic (exact) mass is 414 g/mol. The highest BCUT2D eigenvalue weighted by atomic mass is 35.5. The molecule has 156 valence electrons. The average molecular weight is 415 g/mol. The summed E-state index contributed by atoms with van der Waals surface area (Å²) in [6, 6.07) is 15.1. The number of benzene rings is 2. The lowest BCUT2D eigenvalue weighted by atomic mass is 10.0. The molecule has 0 aromatic heterocycles. The summed E-state index contributed by atoms with van der Waals surface area (Å²) in [5.74, 6) is -0.152. The Balaban J connectivity index is 2.24. The molecule has 1 N–H and O–H groups in total. The molecule has 0 aliphatic rings. The molecule has 0 bridgehead atoms. The topological polar surface area (TPSA) is 49.4 Å². The van der Waals surface area contributed by atoms with Crippen LogP contribution < -0.4 is 5.32 Å². The van der Waals surface area contributed by atoms with Crippen LogP contribution >= 0.6 is 11.6 Å². The fourth-order valence-corrected chi connectivity index (χ4v) is 3.59. The zero-order chi connectivity index (χ0) is 21.4. The number of aryl methyl sites for hydroxylation is 2. The first-order valence-corrected chi connectivity index (χ1v) is 10.6. The molecule has 0 saturated heterocycles. The minimum atomic E-state index is -0.504. The van der Waals surface area contributed by atoms with Crippen LogP contribution in [0.1, 0.15) is 50.3 Å². The van der Waals surface area contributed by atoms with Crippen molar-refractivity contribution in [2.75, 3.05) is 0 Å². The molecule has 29 heavy (non-hydrogen) atoms. The first kappa shape index (κ1) is 23.0. The van der Waals surface area contributed by atoms with Crippen molar-refractivity contribution < 1.29 is 9.59 Å². The highest BCUT2D eigenvalue weighted by Gasteiger charge is 2.29. The maximum Gasteiger partial charge on any atom is 0.243 e. The van der Waals surface area contributed by atoms with E-state index in [1.165, 1.54) is 0 Å². The molecule has 5 heteroatoms. The maximum absolute atomic E-state index is 13.2. The number of carbonyl (C=O) groups is 2. The first-order chi connectivity index (χ1) is 13.8. The van der Waals surface area contributed by atoms with E-state index in [0.717, 1.165) is 16.7 Å². The number of nitrogens with one attached hydrogen (secondary N) is 1.